The lowest BCUT2D eigenvalue weighted by Crippen LogP contribution is -1.72. The molecule has 0 unspecified atom stereocenters. The lowest BCUT2D eigenvalue weighted by atomic mass is 10.1. The molecule has 84 valence electrons. The number of halogens is 1. The van der Waals surface area contributed by atoms with Gasteiger partial charge < -0.3 is 0 Å². The zero-order valence-corrected chi connectivity index (χ0v) is 10.4. The van der Waals surface area contributed by atoms with Gasteiger partial charge in [-0.05, 0) is 42.3 Å². The van der Waals surface area contributed by atoms with Gasteiger partial charge in [-0.15, -0.1) is 5.73 Å². The second-order valence-corrected chi connectivity index (χ2v) is 4.35. The van der Waals surface area contributed by atoms with E-state index in [-0.39, 0.29) is 0 Å². The van der Waals surface area contributed by atoms with Crippen LogP contribution in [-0.2, 0) is 0 Å². The van der Waals surface area contributed by atoms with E-state index in [1.165, 1.54) is 5.56 Å². The maximum Gasteiger partial charge on any atom is 0.0406 e. The molecule has 0 fully saturated rings. The van der Waals surface area contributed by atoms with Crippen molar-refractivity contribution in [3.05, 3.63) is 76.0 Å². The summed E-state index contributed by atoms with van der Waals surface area (Å²) in [6.45, 7) is 2.08. The second-order valence-electron chi connectivity index (χ2n) is 3.92. The Labute approximate surface area is 107 Å². The zero-order valence-electron chi connectivity index (χ0n) is 9.65. The first kappa shape index (κ1) is 11.7. The molecule has 0 aliphatic carbocycles. The summed E-state index contributed by atoms with van der Waals surface area (Å²) in [5, 5.41) is 0.754. The van der Waals surface area contributed by atoms with E-state index >= 15 is 0 Å². The third-order valence-corrected chi connectivity index (χ3v) is 2.70. The van der Waals surface area contributed by atoms with Crippen molar-refractivity contribution in [1.82, 2.24) is 0 Å². The van der Waals surface area contributed by atoms with Crippen LogP contribution in [0.4, 0.5) is 0 Å². The van der Waals surface area contributed by atoms with Crippen LogP contribution in [0.15, 0.2) is 54.3 Å². The molecule has 0 saturated heterocycles. The summed E-state index contributed by atoms with van der Waals surface area (Å²) in [5.41, 5.74) is 6.68. The van der Waals surface area contributed by atoms with E-state index in [0.29, 0.717) is 0 Å². The van der Waals surface area contributed by atoms with Crippen LogP contribution in [0.3, 0.4) is 0 Å². The highest BCUT2D eigenvalue weighted by molar-refractivity contribution is 6.30. The van der Waals surface area contributed by atoms with Crippen LogP contribution in [-0.4, -0.2) is 0 Å². The molecular formula is C16H13Cl. The number of hydrogen-bond donors (Lipinski definition) is 0. The quantitative estimate of drug-likeness (QED) is 0.650. The Kier molecular flexibility index (Phi) is 3.82. The van der Waals surface area contributed by atoms with E-state index in [9.17, 15) is 0 Å². The van der Waals surface area contributed by atoms with Gasteiger partial charge in [-0.25, -0.2) is 0 Å². The SMILES string of the molecule is Cc1ccc(C=C=Cc2ccc(Cl)cc2)cc1. The molecule has 17 heavy (non-hydrogen) atoms. The van der Waals surface area contributed by atoms with Crippen LogP contribution in [0.25, 0.3) is 12.2 Å². The van der Waals surface area contributed by atoms with Gasteiger partial charge in [0.15, 0.2) is 0 Å². The van der Waals surface area contributed by atoms with Crippen LogP contribution in [0.5, 0.6) is 0 Å². The molecule has 2 aromatic carbocycles. The Morgan fingerprint density at radius 3 is 1.82 bits per heavy atom. The first-order valence-electron chi connectivity index (χ1n) is 5.49. The van der Waals surface area contributed by atoms with Gasteiger partial charge in [0.1, 0.15) is 0 Å². The predicted molar refractivity (Wildman–Crippen MR) is 75.1 cm³/mol. The molecular weight excluding hydrogens is 228 g/mol. The number of aryl methyl sites for hydroxylation is 1. The highest BCUT2D eigenvalue weighted by Gasteiger charge is 1.87. The Morgan fingerprint density at radius 2 is 1.29 bits per heavy atom. The first-order valence-corrected chi connectivity index (χ1v) is 5.86. The van der Waals surface area contributed by atoms with Gasteiger partial charge in [0, 0.05) is 5.02 Å². The minimum absolute atomic E-state index is 0.754. The summed E-state index contributed by atoms with van der Waals surface area (Å²) < 4.78 is 0. The van der Waals surface area contributed by atoms with Gasteiger partial charge in [-0.3, -0.25) is 0 Å². The van der Waals surface area contributed by atoms with Gasteiger partial charge in [-0.2, -0.15) is 0 Å². The molecule has 0 aliphatic heterocycles. The van der Waals surface area contributed by atoms with Crippen molar-refractivity contribution in [2.45, 2.75) is 6.92 Å². The van der Waals surface area contributed by atoms with Gasteiger partial charge in [0.05, 0.1) is 0 Å². The molecule has 0 spiro atoms. The van der Waals surface area contributed by atoms with E-state index < -0.39 is 0 Å². The van der Waals surface area contributed by atoms with E-state index in [2.05, 4.69) is 36.9 Å². The fourth-order valence-electron chi connectivity index (χ4n) is 1.46. The first-order chi connectivity index (χ1) is 8.24. The van der Waals surface area contributed by atoms with Crippen molar-refractivity contribution in [3.63, 3.8) is 0 Å². The Bertz CT molecular complexity index is 492. The van der Waals surface area contributed by atoms with Crippen LogP contribution < -0.4 is 0 Å². The molecule has 0 atom stereocenters. The Morgan fingerprint density at radius 1 is 0.824 bits per heavy atom. The molecule has 1 heteroatoms. The van der Waals surface area contributed by atoms with Crippen molar-refractivity contribution in [1.29, 1.82) is 0 Å². The molecule has 2 rings (SSSR count). The fraction of sp³-hybridized carbons (Fsp3) is 0.0625. The highest BCUT2D eigenvalue weighted by atomic mass is 35.5. The lowest BCUT2D eigenvalue weighted by molar-refractivity contribution is 1.46. The summed E-state index contributed by atoms with van der Waals surface area (Å²) >= 11 is 5.81. The van der Waals surface area contributed by atoms with Gasteiger partial charge in [-0.1, -0.05) is 53.6 Å². The summed E-state index contributed by atoms with van der Waals surface area (Å²) in [4.78, 5) is 0. The zero-order chi connectivity index (χ0) is 12.1. The average Bonchev–Trinajstić information content (AvgIpc) is 2.34. The topological polar surface area (TPSA) is 0 Å². The molecule has 0 radical (unpaired) electrons. The third-order valence-electron chi connectivity index (χ3n) is 2.45. The molecule has 0 heterocycles. The molecule has 0 aromatic heterocycles. The predicted octanol–water partition coefficient (Wildman–Crippen LogP) is 4.97. The monoisotopic (exact) mass is 240 g/mol. The molecule has 2 aromatic rings. The number of hydrogen-bond acceptors (Lipinski definition) is 0. The fourth-order valence-corrected chi connectivity index (χ4v) is 1.58. The normalized spacial score (nSPS) is 9.53. The highest BCUT2D eigenvalue weighted by Crippen LogP contribution is 2.10. The van der Waals surface area contributed by atoms with Crippen molar-refractivity contribution in [2.24, 2.45) is 0 Å². The van der Waals surface area contributed by atoms with Crippen LogP contribution >= 0.6 is 11.6 Å². The van der Waals surface area contributed by atoms with E-state index in [4.69, 9.17) is 11.6 Å². The molecule has 0 amide bonds. The minimum atomic E-state index is 0.754. The van der Waals surface area contributed by atoms with Crippen molar-refractivity contribution < 1.29 is 0 Å². The Hall–Kier alpha value is -1.75. The molecule has 0 saturated carbocycles. The van der Waals surface area contributed by atoms with Gasteiger partial charge in [0.25, 0.3) is 0 Å². The molecule has 0 bridgehead atoms. The molecule has 0 nitrogen and oxygen atoms in total. The second kappa shape index (κ2) is 5.54. The van der Waals surface area contributed by atoms with Gasteiger partial charge in [0.2, 0.25) is 0 Å². The average molecular weight is 241 g/mol. The number of benzene rings is 2. The Balaban J connectivity index is 2.14. The maximum absolute atomic E-state index is 5.81. The van der Waals surface area contributed by atoms with E-state index in [1.54, 1.807) is 0 Å². The van der Waals surface area contributed by atoms with Gasteiger partial charge >= 0.3 is 0 Å². The van der Waals surface area contributed by atoms with Crippen molar-refractivity contribution in [3.8, 4) is 0 Å². The van der Waals surface area contributed by atoms with Crippen LogP contribution in [0.2, 0.25) is 5.02 Å². The van der Waals surface area contributed by atoms with E-state index in [0.717, 1.165) is 16.1 Å². The summed E-state index contributed by atoms with van der Waals surface area (Å²) in [6.07, 6.45) is 3.91. The third kappa shape index (κ3) is 3.64. The van der Waals surface area contributed by atoms with Crippen molar-refractivity contribution >= 4 is 23.8 Å². The van der Waals surface area contributed by atoms with Crippen LogP contribution in [0.1, 0.15) is 16.7 Å². The standard InChI is InChI=1S/C16H13Cl/c1-13-5-7-14(8-6-13)3-2-4-15-9-11-16(17)12-10-15/h3-12H,1H3. The maximum atomic E-state index is 5.81. The lowest BCUT2D eigenvalue weighted by Gasteiger charge is -1.93. The summed E-state index contributed by atoms with van der Waals surface area (Å²) in [6, 6.07) is 16.0. The van der Waals surface area contributed by atoms with Crippen molar-refractivity contribution in [2.75, 3.05) is 0 Å². The molecule has 0 N–H and O–H groups in total. The summed E-state index contributed by atoms with van der Waals surface area (Å²) in [7, 11) is 0. The number of rotatable bonds is 2. The smallest absolute Gasteiger partial charge is 0.0406 e. The summed E-state index contributed by atoms with van der Waals surface area (Å²) in [5.74, 6) is 0. The molecule has 0 aliphatic rings. The largest absolute Gasteiger partial charge is 0.120 e. The minimum Gasteiger partial charge on any atom is -0.120 e. The van der Waals surface area contributed by atoms with Crippen LogP contribution in [0, 0.1) is 6.92 Å². The van der Waals surface area contributed by atoms with E-state index in [1.807, 2.05) is 36.4 Å².